The number of nitrogens with zero attached hydrogens (tertiary/aromatic N) is 1. The molecule has 20 heavy (non-hydrogen) atoms. The second-order valence-corrected chi connectivity index (χ2v) is 6.30. The summed E-state index contributed by atoms with van der Waals surface area (Å²) in [5.74, 6) is 0. The molecule has 0 aromatic heterocycles. The minimum Gasteiger partial charge on any atom is -0.442 e. The molecule has 4 nitrogen and oxygen atoms in total. The van der Waals surface area contributed by atoms with Crippen LogP contribution in [0.4, 0.5) is 4.79 Å². The zero-order chi connectivity index (χ0) is 14.8. The number of hydrogen-bond donors (Lipinski definition) is 0. The van der Waals surface area contributed by atoms with Crippen LogP contribution >= 0.6 is 0 Å². The monoisotopic (exact) mass is 277 g/mol. The molecule has 110 valence electrons. The van der Waals surface area contributed by atoms with Gasteiger partial charge in [-0.3, -0.25) is 4.84 Å². The Kier molecular flexibility index (Phi) is 4.33. The van der Waals surface area contributed by atoms with Gasteiger partial charge in [-0.25, -0.2) is 4.79 Å². The van der Waals surface area contributed by atoms with Crippen LogP contribution in [0.25, 0.3) is 0 Å². The molecule has 2 rings (SSSR count). The van der Waals surface area contributed by atoms with Gasteiger partial charge in [-0.05, 0) is 46.1 Å². The standard InChI is InChI=1S/C16H23NO3/c1-12-10-14(11-13-8-6-5-7-9-13)17(20-12)15(18)19-16(2,3)4/h5-9,12,14H,10-11H2,1-4H3. The lowest BCUT2D eigenvalue weighted by Gasteiger charge is -2.27. The Morgan fingerprint density at radius 3 is 2.60 bits per heavy atom. The van der Waals surface area contributed by atoms with Gasteiger partial charge in [0.15, 0.2) is 0 Å². The molecule has 0 bridgehead atoms. The number of carbonyl (C=O) groups is 1. The van der Waals surface area contributed by atoms with E-state index in [9.17, 15) is 4.79 Å². The van der Waals surface area contributed by atoms with Gasteiger partial charge in [-0.2, -0.15) is 5.06 Å². The van der Waals surface area contributed by atoms with Gasteiger partial charge in [0.05, 0.1) is 12.1 Å². The van der Waals surface area contributed by atoms with Crippen molar-refractivity contribution in [3.63, 3.8) is 0 Å². The van der Waals surface area contributed by atoms with Crippen LogP contribution in [-0.2, 0) is 16.0 Å². The molecule has 0 saturated carbocycles. The zero-order valence-electron chi connectivity index (χ0n) is 12.6. The van der Waals surface area contributed by atoms with Crippen molar-refractivity contribution >= 4 is 6.09 Å². The SMILES string of the molecule is CC1CC(Cc2ccccc2)N(C(=O)OC(C)(C)C)O1. The van der Waals surface area contributed by atoms with Gasteiger partial charge < -0.3 is 4.74 Å². The molecular formula is C16H23NO3. The highest BCUT2D eigenvalue weighted by atomic mass is 16.7. The fourth-order valence-corrected chi connectivity index (χ4v) is 2.35. The number of amides is 1. The molecule has 0 spiro atoms. The number of rotatable bonds is 2. The van der Waals surface area contributed by atoms with Crippen LogP contribution in [0.15, 0.2) is 30.3 Å². The Hall–Kier alpha value is -1.55. The summed E-state index contributed by atoms with van der Waals surface area (Å²) in [4.78, 5) is 17.8. The fraction of sp³-hybridized carbons (Fsp3) is 0.562. The predicted octanol–water partition coefficient (Wildman–Crippen LogP) is 3.56. The first kappa shape index (κ1) is 14.9. The molecule has 1 aromatic rings. The van der Waals surface area contributed by atoms with Crippen molar-refractivity contribution in [1.29, 1.82) is 0 Å². The van der Waals surface area contributed by atoms with Crippen molar-refractivity contribution < 1.29 is 14.4 Å². The van der Waals surface area contributed by atoms with Crippen molar-refractivity contribution in [2.24, 2.45) is 0 Å². The summed E-state index contributed by atoms with van der Waals surface area (Å²) >= 11 is 0. The molecule has 1 amide bonds. The normalized spacial score (nSPS) is 22.9. The lowest BCUT2D eigenvalue weighted by Crippen LogP contribution is -2.40. The van der Waals surface area contributed by atoms with Crippen LogP contribution in [0.5, 0.6) is 0 Å². The van der Waals surface area contributed by atoms with Crippen molar-refractivity contribution in [2.45, 2.75) is 58.3 Å². The summed E-state index contributed by atoms with van der Waals surface area (Å²) in [7, 11) is 0. The van der Waals surface area contributed by atoms with Crippen molar-refractivity contribution in [1.82, 2.24) is 5.06 Å². The topological polar surface area (TPSA) is 38.8 Å². The van der Waals surface area contributed by atoms with Gasteiger partial charge in [-0.1, -0.05) is 30.3 Å². The van der Waals surface area contributed by atoms with E-state index < -0.39 is 11.7 Å². The second-order valence-electron chi connectivity index (χ2n) is 6.30. The van der Waals surface area contributed by atoms with Crippen LogP contribution < -0.4 is 0 Å². The molecule has 1 heterocycles. The number of ether oxygens (including phenoxy) is 1. The summed E-state index contributed by atoms with van der Waals surface area (Å²) in [5.41, 5.74) is 0.688. The van der Waals surface area contributed by atoms with E-state index in [-0.39, 0.29) is 12.1 Å². The molecule has 1 aliphatic heterocycles. The van der Waals surface area contributed by atoms with Gasteiger partial charge in [0, 0.05) is 0 Å². The Labute approximate surface area is 120 Å². The van der Waals surface area contributed by atoms with E-state index in [1.165, 1.54) is 10.6 Å². The third-order valence-electron chi connectivity index (χ3n) is 3.12. The first-order valence-electron chi connectivity index (χ1n) is 7.08. The van der Waals surface area contributed by atoms with Crippen LogP contribution in [-0.4, -0.2) is 28.9 Å². The van der Waals surface area contributed by atoms with Crippen LogP contribution in [0.3, 0.4) is 0 Å². The Morgan fingerprint density at radius 1 is 1.35 bits per heavy atom. The summed E-state index contributed by atoms with van der Waals surface area (Å²) < 4.78 is 5.40. The van der Waals surface area contributed by atoms with Crippen LogP contribution in [0.2, 0.25) is 0 Å². The molecule has 2 unspecified atom stereocenters. The maximum absolute atomic E-state index is 12.2. The van der Waals surface area contributed by atoms with E-state index in [1.807, 2.05) is 45.9 Å². The highest BCUT2D eigenvalue weighted by molar-refractivity contribution is 5.67. The van der Waals surface area contributed by atoms with Crippen LogP contribution in [0.1, 0.15) is 39.7 Å². The largest absolute Gasteiger partial charge is 0.442 e. The first-order valence-corrected chi connectivity index (χ1v) is 7.08. The third-order valence-corrected chi connectivity index (χ3v) is 3.12. The van der Waals surface area contributed by atoms with Gasteiger partial charge in [0.2, 0.25) is 0 Å². The number of carbonyl (C=O) groups excluding carboxylic acids is 1. The molecule has 0 radical (unpaired) electrons. The molecule has 1 aliphatic rings. The van der Waals surface area contributed by atoms with Gasteiger partial charge >= 0.3 is 6.09 Å². The first-order chi connectivity index (χ1) is 9.35. The lowest BCUT2D eigenvalue weighted by molar-refractivity contribution is -0.145. The highest BCUT2D eigenvalue weighted by Crippen LogP contribution is 2.26. The van der Waals surface area contributed by atoms with Crippen molar-refractivity contribution in [2.75, 3.05) is 0 Å². The molecular weight excluding hydrogens is 254 g/mol. The average Bonchev–Trinajstić information content (AvgIpc) is 2.69. The van der Waals surface area contributed by atoms with Gasteiger partial charge in [0.25, 0.3) is 0 Å². The summed E-state index contributed by atoms with van der Waals surface area (Å²) in [5, 5.41) is 1.41. The average molecular weight is 277 g/mol. The summed E-state index contributed by atoms with van der Waals surface area (Å²) in [6.45, 7) is 7.55. The molecule has 1 aromatic carbocycles. The number of hydrogen-bond acceptors (Lipinski definition) is 3. The van der Waals surface area contributed by atoms with Gasteiger partial charge in [0.1, 0.15) is 5.60 Å². The van der Waals surface area contributed by atoms with Crippen LogP contribution in [0, 0.1) is 0 Å². The predicted molar refractivity (Wildman–Crippen MR) is 77.2 cm³/mol. The van der Waals surface area contributed by atoms with E-state index in [2.05, 4.69) is 12.1 Å². The Balaban J connectivity index is 2.05. The summed E-state index contributed by atoms with van der Waals surface area (Å²) in [6.07, 6.45) is 1.25. The molecule has 1 saturated heterocycles. The van der Waals surface area contributed by atoms with E-state index in [1.54, 1.807) is 0 Å². The molecule has 0 aliphatic carbocycles. The van der Waals surface area contributed by atoms with E-state index >= 15 is 0 Å². The quantitative estimate of drug-likeness (QED) is 0.829. The molecule has 4 heteroatoms. The molecule has 2 atom stereocenters. The minimum atomic E-state index is -0.510. The molecule has 1 fully saturated rings. The van der Waals surface area contributed by atoms with Crippen molar-refractivity contribution in [3.05, 3.63) is 35.9 Å². The second kappa shape index (κ2) is 5.83. The third kappa shape index (κ3) is 3.97. The van der Waals surface area contributed by atoms with Gasteiger partial charge in [-0.15, -0.1) is 0 Å². The van der Waals surface area contributed by atoms with E-state index in [0.717, 1.165) is 12.8 Å². The van der Waals surface area contributed by atoms with Crippen molar-refractivity contribution in [3.8, 4) is 0 Å². The number of hydroxylamine groups is 2. The minimum absolute atomic E-state index is 0.0299. The summed E-state index contributed by atoms with van der Waals surface area (Å²) in [6, 6.07) is 10.2. The van der Waals surface area contributed by atoms with E-state index in [0.29, 0.717) is 0 Å². The Bertz CT molecular complexity index is 453. The Morgan fingerprint density at radius 2 is 2.00 bits per heavy atom. The maximum Gasteiger partial charge on any atom is 0.434 e. The molecule has 0 N–H and O–H groups in total. The highest BCUT2D eigenvalue weighted by Gasteiger charge is 2.37. The fourth-order valence-electron chi connectivity index (χ4n) is 2.35. The number of benzene rings is 1. The lowest BCUT2D eigenvalue weighted by atomic mass is 10.0. The van der Waals surface area contributed by atoms with E-state index in [4.69, 9.17) is 9.57 Å². The zero-order valence-corrected chi connectivity index (χ0v) is 12.6. The smallest absolute Gasteiger partial charge is 0.434 e. The maximum atomic E-state index is 12.2.